The van der Waals surface area contributed by atoms with Crippen molar-refractivity contribution in [2.75, 3.05) is 18.4 Å². The van der Waals surface area contributed by atoms with Crippen molar-refractivity contribution in [3.63, 3.8) is 0 Å². The third kappa shape index (κ3) is 3.12. The molecule has 120 valence electrons. The van der Waals surface area contributed by atoms with E-state index in [1.54, 1.807) is 0 Å². The number of rotatable bonds is 5. The van der Waals surface area contributed by atoms with Gasteiger partial charge in [0.1, 0.15) is 5.75 Å². The van der Waals surface area contributed by atoms with Gasteiger partial charge in [-0.3, -0.25) is 9.69 Å². The summed E-state index contributed by atoms with van der Waals surface area (Å²) in [5, 5.41) is 2.74. The fraction of sp³-hybridized carbons (Fsp3) is 0.611. The van der Waals surface area contributed by atoms with Crippen molar-refractivity contribution in [2.45, 2.75) is 57.6 Å². The second-order valence-electron chi connectivity index (χ2n) is 6.68. The molecule has 2 atom stereocenters. The Bertz CT molecular complexity index is 530. The first-order valence-corrected chi connectivity index (χ1v) is 8.44. The van der Waals surface area contributed by atoms with Gasteiger partial charge in [-0.15, -0.1) is 0 Å². The smallest absolute Gasteiger partial charge is 0.211 e. The minimum absolute atomic E-state index is 0.0942. The van der Waals surface area contributed by atoms with Gasteiger partial charge in [0.25, 0.3) is 0 Å². The van der Waals surface area contributed by atoms with Crippen LogP contribution in [-0.4, -0.2) is 36.5 Å². The number of hydrogen-bond donors (Lipinski definition) is 1. The van der Waals surface area contributed by atoms with Crippen LogP contribution in [0.5, 0.6) is 5.75 Å². The van der Waals surface area contributed by atoms with E-state index in [1.807, 2.05) is 19.9 Å². The molecule has 1 amide bonds. The molecule has 0 radical (unpaired) electrons. The van der Waals surface area contributed by atoms with Crippen molar-refractivity contribution in [3.05, 3.63) is 23.8 Å². The van der Waals surface area contributed by atoms with Gasteiger partial charge in [0.05, 0.1) is 11.8 Å². The summed E-state index contributed by atoms with van der Waals surface area (Å²) >= 11 is 0. The standard InChI is InChI=1S/C18H26N2O2/c1-13(2)22-18-11-14(7-8-16(18)19-12-21)15-5-3-9-20-10-4-6-17(15)20/h7-8,11-13,15,17H,3-6,9-10H2,1-2H3,(H,19,21)/t15-,17-/m1/s1. The molecule has 0 aliphatic carbocycles. The number of fused-ring (bicyclic) bond motifs is 1. The van der Waals surface area contributed by atoms with E-state index in [4.69, 9.17) is 4.74 Å². The van der Waals surface area contributed by atoms with Crippen LogP contribution in [-0.2, 0) is 4.79 Å². The molecule has 2 heterocycles. The number of anilines is 1. The summed E-state index contributed by atoms with van der Waals surface area (Å²) in [5.41, 5.74) is 2.11. The molecular weight excluding hydrogens is 276 g/mol. The predicted molar refractivity (Wildman–Crippen MR) is 88.5 cm³/mol. The first-order valence-electron chi connectivity index (χ1n) is 8.44. The average Bonchev–Trinajstić information content (AvgIpc) is 2.97. The molecular formula is C18H26N2O2. The Morgan fingerprint density at radius 1 is 1.27 bits per heavy atom. The van der Waals surface area contributed by atoms with E-state index in [1.165, 1.54) is 44.3 Å². The number of benzene rings is 1. The maximum absolute atomic E-state index is 10.8. The summed E-state index contributed by atoms with van der Waals surface area (Å²) in [6.45, 7) is 6.52. The van der Waals surface area contributed by atoms with E-state index >= 15 is 0 Å². The van der Waals surface area contributed by atoms with E-state index in [-0.39, 0.29) is 6.10 Å². The summed E-state index contributed by atoms with van der Waals surface area (Å²) in [7, 11) is 0. The first kappa shape index (κ1) is 15.3. The van der Waals surface area contributed by atoms with Gasteiger partial charge < -0.3 is 10.1 Å². The van der Waals surface area contributed by atoms with Crippen LogP contribution in [0.25, 0.3) is 0 Å². The predicted octanol–water partition coefficient (Wildman–Crippen LogP) is 3.38. The number of carbonyl (C=O) groups is 1. The van der Waals surface area contributed by atoms with Crippen LogP contribution < -0.4 is 10.1 Å². The van der Waals surface area contributed by atoms with E-state index in [0.29, 0.717) is 18.4 Å². The molecule has 4 nitrogen and oxygen atoms in total. The van der Waals surface area contributed by atoms with Crippen molar-refractivity contribution in [3.8, 4) is 5.75 Å². The molecule has 0 saturated carbocycles. The Labute approximate surface area is 132 Å². The molecule has 1 aromatic carbocycles. The molecule has 22 heavy (non-hydrogen) atoms. The van der Waals surface area contributed by atoms with Crippen LogP contribution in [0.4, 0.5) is 5.69 Å². The summed E-state index contributed by atoms with van der Waals surface area (Å²) < 4.78 is 5.91. The first-order chi connectivity index (χ1) is 10.7. The molecule has 0 aromatic heterocycles. The van der Waals surface area contributed by atoms with Crippen LogP contribution in [0.15, 0.2) is 18.2 Å². The minimum Gasteiger partial charge on any atom is -0.489 e. The minimum atomic E-state index is 0.0942. The van der Waals surface area contributed by atoms with Crippen molar-refractivity contribution < 1.29 is 9.53 Å². The number of nitrogens with one attached hydrogen (secondary N) is 1. The third-order valence-electron chi connectivity index (χ3n) is 4.85. The van der Waals surface area contributed by atoms with Crippen molar-refractivity contribution in [1.29, 1.82) is 0 Å². The Hall–Kier alpha value is -1.55. The zero-order valence-electron chi connectivity index (χ0n) is 13.5. The molecule has 3 rings (SSSR count). The highest BCUT2D eigenvalue weighted by molar-refractivity contribution is 5.75. The van der Waals surface area contributed by atoms with Crippen molar-refractivity contribution in [2.24, 2.45) is 0 Å². The number of hydrogen-bond acceptors (Lipinski definition) is 3. The van der Waals surface area contributed by atoms with Crippen molar-refractivity contribution in [1.82, 2.24) is 4.90 Å². The molecule has 0 spiro atoms. The Balaban J connectivity index is 1.88. The molecule has 2 aliphatic rings. The van der Waals surface area contributed by atoms with Gasteiger partial charge in [-0.2, -0.15) is 0 Å². The fourth-order valence-corrected chi connectivity index (χ4v) is 3.98. The van der Waals surface area contributed by atoms with E-state index in [9.17, 15) is 4.79 Å². The second-order valence-corrected chi connectivity index (χ2v) is 6.68. The number of nitrogens with zero attached hydrogens (tertiary/aromatic N) is 1. The lowest BCUT2D eigenvalue weighted by atomic mass is 9.83. The van der Waals surface area contributed by atoms with Crippen LogP contribution in [0.3, 0.4) is 0 Å². The monoisotopic (exact) mass is 302 g/mol. The molecule has 2 fully saturated rings. The molecule has 0 bridgehead atoms. The largest absolute Gasteiger partial charge is 0.489 e. The van der Waals surface area contributed by atoms with E-state index < -0.39 is 0 Å². The quantitative estimate of drug-likeness (QED) is 0.848. The summed E-state index contributed by atoms with van der Waals surface area (Å²) in [4.78, 5) is 13.4. The Morgan fingerprint density at radius 2 is 2.05 bits per heavy atom. The van der Waals surface area contributed by atoms with Gasteiger partial charge in [-0.1, -0.05) is 6.07 Å². The number of piperidine rings is 1. The highest BCUT2D eigenvalue weighted by atomic mass is 16.5. The SMILES string of the molecule is CC(C)Oc1cc([C@H]2CCCN3CCC[C@H]23)ccc1NC=O. The fourth-order valence-electron chi connectivity index (χ4n) is 3.98. The lowest BCUT2D eigenvalue weighted by Gasteiger charge is -2.37. The highest BCUT2D eigenvalue weighted by Crippen LogP contribution is 2.40. The number of ether oxygens (including phenoxy) is 1. The maximum atomic E-state index is 10.8. The van der Waals surface area contributed by atoms with Gasteiger partial charge in [0.2, 0.25) is 6.41 Å². The lowest BCUT2D eigenvalue weighted by Crippen LogP contribution is -2.39. The third-order valence-corrected chi connectivity index (χ3v) is 4.85. The summed E-state index contributed by atoms with van der Waals surface area (Å²) in [5.74, 6) is 1.38. The molecule has 4 heteroatoms. The molecule has 0 unspecified atom stereocenters. The lowest BCUT2D eigenvalue weighted by molar-refractivity contribution is -0.105. The van der Waals surface area contributed by atoms with Crippen LogP contribution >= 0.6 is 0 Å². The second kappa shape index (κ2) is 6.69. The average molecular weight is 302 g/mol. The number of carbonyl (C=O) groups excluding carboxylic acids is 1. The van der Waals surface area contributed by atoms with E-state index in [0.717, 1.165) is 11.4 Å². The van der Waals surface area contributed by atoms with Crippen LogP contribution in [0, 0.1) is 0 Å². The van der Waals surface area contributed by atoms with E-state index in [2.05, 4.69) is 22.3 Å². The summed E-state index contributed by atoms with van der Waals surface area (Å²) in [6, 6.07) is 6.96. The highest BCUT2D eigenvalue weighted by Gasteiger charge is 2.35. The van der Waals surface area contributed by atoms with Gasteiger partial charge in [0, 0.05) is 6.04 Å². The van der Waals surface area contributed by atoms with Gasteiger partial charge in [0.15, 0.2) is 0 Å². The van der Waals surface area contributed by atoms with Crippen LogP contribution in [0.1, 0.15) is 51.0 Å². The van der Waals surface area contributed by atoms with Gasteiger partial charge >= 0.3 is 0 Å². The zero-order chi connectivity index (χ0) is 15.5. The molecule has 1 N–H and O–H groups in total. The molecule has 2 aliphatic heterocycles. The van der Waals surface area contributed by atoms with Gasteiger partial charge in [-0.05, 0) is 76.2 Å². The number of amides is 1. The van der Waals surface area contributed by atoms with Crippen molar-refractivity contribution >= 4 is 12.1 Å². The molecule has 2 saturated heterocycles. The normalized spacial score (nSPS) is 25.0. The Morgan fingerprint density at radius 3 is 2.77 bits per heavy atom. The van der Waals surface area contributed by atoms with Crippen LogP contribution in [0.2, 0.25) is 0 Å². The Kier molecular flexibility index (Phi) is 4.67. The zero-order valence-corrected chi connectivity index (χ0v) is 13.5. The summed E-state index contributed by atoms with van der Waals surface area (Å²) in [6.07, 6.45) is 5.96. The van der Waals surface area contributed by atoms with Gasteiger partial charge in [-0.25, -0.2) is 0 Å². The topological polar surface area (TPSA) is 41.6 Å². The molecule has 1 aromatic rings. The maximum Gasteiger partial charge on any atom is 0.211 e.